The van der Waals surface area contributed by atoms with Crippen molar-refractivity contribution in [1.29, 1.82) is 0 Å². The fourth-order valence-electron chi connectivity index (χ4n) is 2.42. The topological polar surface area (TPSA) is 59.8 Å². The number of hydrogen-bond acceptors (Lipinski definition) is 3. The van der Waals surface area contributed by atoms with Gasteiger partial charge >= 0.3 is 0 Å². The van der Waals surface area contributed by atoms with Crippen molar-refractivity contribution >= 4 is 12.0 Å². The zero-order chi connectivity index (χ0) is 16.8. The van der Waals surface area contributed by atoms with E-state index in [0.29, 0.717) is 6.54 Å². The maximum Gasteiger partial charge on any atom is 0.244 e. The van der Waals surface area contributed by atoms with Gasteiger partial charge in [-0.1, -0.05) is 24.3 Å². The van der Waals surface area contributed by atoms with Crippen LogP contribution in [-0.2, 0) is 11.3 Å². The summed E-state index contributed by atoms with van der Waals surface area (Å²) >= 11 is 0. The molecule has 0 aliphatic rings. The van der Waals surface area contributed by atoms with E-state index in [1.807, 2.05) is 54.1 Å². The number of aryl methyl sites for hydroxylation is 1. The van der Waals surface area contributed by atoms with E-state index in [1.54, 1.807) is 24.7 Å². The van der Waals surface area contributed by atoms with E-state index in [2.05, 4.69) is 15.3 Å². The highest BCUT2D eigenvalue weighted by Gasteiger charge is 2.07. The maximum atomic E-state index is 12.0. The lowest BCUT2D eigenvalue weighted by Crippen LogP contribution is -2.21. The summed E-state index contributed by atoms with van der Waals surface area (Å²) in [5, 5.41) is 2.91. The van der Waals surface area contributed by atoms with Crippen molar-refractivity contribution in [2.75, 3.05) is 0 Å². The molecule has 3 rings (SSSR count). The molecule has 1 N–H and O–H groups in total. The number of imidazole rings is 1. The lowest BCUT2D eigenvalue weighted by Gasteiger charge is -2.12. The van der Waals surface area contributed by atoms with Gasteiger partial charge in [0.1, 0.15) is 5.82 Å². The summed E-state index contributed by atoms with van der Waals surface area (Å²) in [5.74, 6) is 0.765. The summed E-state index contributed by atoms with van der Waals surface area (Å²) in [5.41, 5.74) is 2.94. The van der Waals surface area contributed by atoms with Gasteiger partial charge in [0.25, 0.3) is 0 Å². The van der Waals surface area contributed by atoms with Gasteiger partial charge in [-0.25, -0.2) is 4.98 Å². The fourth-order valence-corrected chi connectivity index (χ4v) is 2.42. The first kappa shape index (κ1) is 15.7. The number of carbonyl (C=O) groups is 1. The molecule has 0 spiro atoms. The molecule has 2 aromatic heterocycles. The summed E-state index contributed by atoms with van der Waals surface area (Å²) < 4.78 is 2.01. The Morgan fingerprint density at radius 1 is 1.21 bits per heavy atom. The molecule has 0 atom stereocenters. The number of nitrogens with one attached hydrogen (secondary N) is 1. The number of pyridine rings is 1. The third kappa shape index (κ3) is 3.76. The Bertz CT molecular complexity index is 853. The molecule has 1 amide bonds. The molecule has 5 heteroatoms. The minimum atomic E-state index is -0.143. The molecule has 5 nitrogen and oxygen atoms in total. The summed E-state index contributed by atoms with van der Waals surface area (Å²) in [6, 6.07) is 11.7. The molecular weight excluding hydrogens is 300 g/mol. The molecule has 24 heavy (non-hydrogen) atoms. The van der Waals surface area contributed by atoms with Crippen LogP contribution in [0.2, 0.25) is 0 Å². The van der Waals surface area contributed by atoms with Crippen molar-refractivity contribution < 1.29 is 4.79 Å². The van der Waals surface area contributed by atoms with Crippen LogP contribution >= 0.6 is 0 Å². The van der Waals surface area contributed by atoms with Crippen LogP contribution in [0, 0.1) is 6.92 Å². The van der Waals surface area contributed by atoms with Crippen LogP contribution in [0.25, 0.3) is 11.8 Å². The number of para-hydroxylation sites is 1. The van der Waals surface area contributed by atoms with Gasteiger partial charge in [0.2, 0.25) is 5.91 Å². The van der Waals surface area contributed by atoms with Crippen molar-refractivity contribution in [3.8, 4) is 5.69 Å². The monoisotopic (exact) mass is 318 g/mol. The second kappa shape index (κ2) is 7.37. The number of benzene rings is 1. The minimum absolute atomic E-state index is 0.143. The molecule has 0 aliphatic carbocycles. The largest absolute Gasteiger partial charge is 0.348 e. The van der Waals surface area contributed by atoms with Crippen LogP contribution in [0.15, 0.2) is 67.3 Å². The molecular formula is C19H18N4O. The molecule has 0 radical (unpaired) electrons. The summed E-state index contributed by atoms with van der Waals surface area (Å²) in [4.78, 5) is 20.3. The average Bonchev–Trinajstić information content (AvgIpc) is 3.05. The van der Waals surface area contributed by atoms with Crippen LogP contribution in [0.1, 0.15) is 17.0 Å². The predicted octanol–water partition coefficient (Wildman–Crippen LogP) is 2.91. The van der Waals surface area contributed by atoms with Crippen molar-refractivity contribution in [2.24, 2.45) is 0 Å². The SMILES string of the molecule is Cc1nccn1-c1ccccc1CNC(=O)/C=C\c1cccnc1. The van der Waals surface area contributed by atoms with Crippen LogP contribution in [0.3, 0.4) is 0 Å². The highest BCUT2D eigenvalue weighted by molar-refractivity contribution is 5.91. The quantitative estimate of drug-likeness (QED) is 0.736. The van der Waals surface area contributed by atoms with E-state index in [9.17, 15) is 4.79 Å². The molecule has 0 unspecified atom stereocenters. The van der Waals surface area contributed by atoms with Gasteiger partial charge < -0.3 is 9.88 Å². The predicted molar refractivity (Wildman–Crippen MR) is 93.4 cm³/mol. The first-order valence-electron chi connectivity index (χ1n) is 7.68. The summed E-state index contributed by atoms with van der Waals surface area (Å²) in [6.45, 7) is 2.40. The Hall–Kier alpha value is -3.21. The maximum absolute atomic E-state index is 12.0. The van der Waals surface area contributed by atoms with E-state index >= 15 is 0 Å². The van der Waals surface area contributed by atoms with E-state index in [1.165, 1.54) is 6.08 Å². The fraction of sp³-hybridized carbons (Fsp3) is 0.105. The number of hydrogen-bond donors (Lipinski definition) is 1. The highest BCUT2D eigenvalue weighted by Crippen LogP contribution is 2.16. The van der Waals surface area contributed by atoms with Crippen molar-refractivity contribution in [3.05, 3.63) is 84.2 Å². The third-order valence-electron chi connectivity index (χ3n) is 3.64. The second-order valence-corrected chi connectivity index (χ2v) is 5.31. The Labute approximate surface area is 140 Å². The number of carbonyl (C=O) groups excluding carboxylic acids is 1. The van der Waals surface area contributed by atoms with Gasteiger partial charge in [-0.05, 0) is 36.3 Å². The van der Waals surface area contributed by atoms with Gasteiger partial charge in [0.05, 0.1) is 5.69 Å². The lowest BCUT2D eigenvalue weighted by molar-refractivity contribution is -0.116. The third-order valence-corrected chi connectivity index (χ3v) is 3.64. The van der Waals surface area contributed by atoms with Gasteiger partial charge in [0, 0.05) is 37.4 Å². The van der Waals surface area contributed by atoms with Crippen LogP contribution in [-0.4, -0.2) is 20.4 Å². The smallest absolute Gasteiger partial charge is 0.244 e. The van der Waals surface area contributed by atoms with Crippen LogP contribution in [0.4, 0.5) is 0 Å². The Balaban J connectivity index is 1.68. The molecule has 0 aliphatic heterocycles. The van der Waals surface area contributed by atoms with E-state index in [0.717, 1.165) is 22.6 Å². The van der Waals surface area contributed by atoms with Crippen LogP contribution < -0.4 is 5.32 Å². The Morgan fingerprint density at radius 2 is 2.08 bits per heavy atom. The Morgan fingerprint density at radius 3 is 2.83 bits per heavy atom. The van der Waals surface area contributed by atoms with E-state index in [-0.39, 0.29) is 5.91 Å². The minimum Gasteiger partial charge on any atom is -0.348 e. The summed E-state index contributed by atoms with van der Waals surface area (Å²) in [7, 11) is 0. The van der Waals surface area contributed by atoms with E-state index in [4.69, 9.17) is 0 Å². The van der Waals surface area contributed by atoms with E-state index < -0.39 is 0 Å². The molecule has 3 aromatic rings. The number of aromatic nitrogens is 3. The molecule has 2 heterocycles. The number of rotatable bonds is 5. The van der Waals surface area contributed by atoms with Gasteiger partial charge in [0.15, 0.2) is 0 Å². The number of amides is 1. The lowest BCUT2D eigenvalue weighted by atomic mass is 10.1. The van der Waals surface area contributed by atoms with Crippen LogP contribution in [0.5, 0.6) is 0 Å². The summed E-state index contributed by atoms with van der Waals surface area (Å²) in [6.07, 6.45) is 10.4. The van der Waals surface area contributed by atoms with Gasteiger partial charge in [-0.2, -0.15) is 0 Å². The zero-order valence-corrected chi connectivity index (χ0v) is 13.4. The molecule has 1 aromatic carbocycles. The zero-order valence-electron chi connectivity index (χ0n) is 13.4. The molecule has 0 saturated carbocycles. The van der Waals surface area contributed by atoms with Crippen molar-refractivity contribution in [1.82, 2.24) is 19.9 Å². The van der Waals surface area contributed by atoms with Crippen molar-refractivity contribution in [3.63, 3.8) is 0 Å². The number of nitrogens with zero attached hydrogens (tertiary/aromatic N) is 3. The molecule has 0 saturated heterocycles. The van der Waals surface area contributed by atoms with Crippen molar-refractivity contribution in [2.45, 2.75) is 13.5 Å². The van der Waals surface area contributed by atoms with Gasteiger partial charge in [-0.3, -0.25) is 9.78 Å². The first-order chi connectivity index (χ1) is 11.7. The molecule has 0 fully saturated rings. The normalized spacial score (nSPS) is 10.9. The highest BCUT2D eigenvalue weighted by atomic mass is 16.1. The standard InChI is InChI=1S/C19H18N4O/c1-15-21-11-12-23(15)18-7-3-2-6-17(18)14-22-19(24)9-8-16-5-4-10-20-13-16/h2-13H,14H2,1H3,(H,22,24)/b9-8-. The average molecular weight is 318 g/mol. The van der Waals surface area contributed by atoms with Gasteiger partial charge in [-0.15, -0.1) is 0 Å². The molecule has 120 valence electrons. The Kier molecular flexibility index (Phi) is 4.81. The second-order valence-electron chi connectivity index (χ2n) is 5.31. The molecule has 0 bridgehead atoms. The first-order valence-corrected chi connectivity index (χ1v) is 7.68.